The molecule has 0 bridgehead atoms. The number of ether oxygens (including phenoxy) is 1. The average Bonchev–Trinajstić information content (AvgIpc) is 2.95. The lowest BCUT2D eigenvalue weighted by atomic mass is 10.2. The van der Waals surface area contributed by atoms with Gasteiger partial charge in [-0.25, -0.2) is 9.38 Å². The minimum atomic E-state index is -0.337. The summed E-state index contributed by atoms with van der Waals surface area (Å²) >= 11 is 1.21. The normalized spacial score (nSPS) is 16.7. The summed E-state index contributed by atoms with van der Waals surface area (Å²) in [4.78, 5) is 16.9. The van der Waals surface area contributed by atoms with Gasteiger partial charge in [0.1, 0.15) is 18.2 Å². The third-order valence-corrected chi connectivity index (χ3v) is 4.13. The first-order valence-corrected chi connectivity index (χ1v) is 8.18. The molecule has 1 fully saturated rings. The molecule has 0 spiro atoms. The van der Waals surface area contributed by atoms with Crippen molar-refractivity contribution in [3.63, 3.8) is 0 Å². The maximum atomic E-state index is 12.9. The Bertz CT molecular complexity index is 898. The summed E-state index contributed by atoms with van der Waals surface area (Å²) in [5, 5.41) is 3.12. The zero-order valence-electron chi connectivity index (χ0n) is 13.0. The Morgan fingerprint density at radius 1 is 1.24 bits per heavy atom. The molecule has 1 N–H and O–H groups in total. The fourth-order valence-corrected chi connectivity index (χ4v) is 2.94. The lowest BCUT2D eigenvalue weighted by Gasteiger charge is -2.06. The molecule has 6 heteroatoms. The summed E-state index contributed by atoms with van der Waals surface area (Å²) in [6.45, 7) is 0.150. The number of thioether (sulfide) groups is 1. The highest BCUT2D eigenvalue weighted by atomic mass is 32.2. The number of amidine groups is 1. The van der Waals surface area contributed by atoms with E-state index in [0.717, 1.165) is 5.56 Å². The van der Waals surface area contributed by atoms with E-state index in [-0.39, 0.29) is 18.3 Å². The van der Waals surface area contributed by atoms with Gasteiger partial charge in [-0.3, -0.25) is 4.79 Å². The van der Waals surface area contributed by atoms with E-state index in [2.05, 4.69) is 16.2 Å². The maximum Gasteiger partial charge on any atom is 0.264 e. The molecule has 1 saturated heterocycles. The first-order valence-electron chi connectivity index (χ1n) is 7.36. The number of rotatable bonds is 4. The minimum absolute atomic E-state index is 0.150. The summed E-state index contributed by atoms with van der Waals surface area (Å²) in [7, 11) is 0. The van der Waals surface area contributed by atoms with Crippen LogP contribution < -0.4 is 10.1 Å². The fraction of sp³-hybridized carbons (Fsp3) is 0.0526. The second-order valence-electron chi connectivity index (χ2n) is 4.99. The molecule has 2 aromatic rings. The van der Waals surface area contributed by atoms with Crippen LogP contribution in [0.5, 0.6) is 5.75 Å². The fourth-order valence-electron chi connectivity index (χ4n) is 2.11. The second kappa shape index (κ2) is 7.69. The number of halogens is 1. The standard InChI is InChI=1S/C19H13FN2O2S/c1-2-11-24-16-6-4-3-5-13(16)12-17-18(23)22-19(25-17)21-15-9-7-14(20)8-10-15/h1,3-10,12H,11H2,(H,21,22,23)/b17-12+. The van der Waals surface area contributed by atoms with Crippen molar-refractivity contribution in [3.8, 4) is 18.1 Å². The molecule has 0 saturated carbocycles. The molecule has 1 heterocycles. The molecular weight excluding hydrogens is 339 g/mol. The van der Waals surface area contributed by atoms with Gasteiger partial charge in [-0.1, -0.05) is 24.1 Å². The van der Waals surface area contributed by atoms with E-state index in [1.165, 1.54) is 23.9 Å². The molecule has 3 rings (SSSR count). The SMILES string of the molecule is C#CCOc1ccccc1/C=C1/SC(=Nc2ccc(F)cc2)NC1=O. The van der Waals surface area contributed by atoms with Crippen LogP contribution in [0.4, 0.5) is 10.1 Å². The van der Waals surface area contributed by atoms with Crippen molar-refractivity contribution in [2.24, 2.45) is 4.99 Å². The number of nitrogens with zero attached hydrogens (tertiary/aromatic N) is 1. The average molecular weight is 352 g/mol. The van der Waals surface area contributed by atoms with Gasteiger partial charge in [-0.05, 0) is 48.2 Å². The largest absolute Gasteiger partial charge is 0.480 e. The molecule has 1 aliphatic heterocycles. The van der Waals surface area contributed by atoms with E-state index < -0.39 is 0 Å². The lowest BCUT2D eigenvalue weighted by molar-refractivity contribution is -0.115. The molecule has 2 aromatic carbocycles. The Morgan fingerprint density at radius 3 is 2.76 bits per heavy atom. The van der Waals surface area contributed by atoms with Gasteiger partial charge in [0.25, 0.3) is 5.91 Å². The summed E-state index contributed by atoms with van der Waals surface area (Å²) in [5.74, 6) is 2.42. The number of aliphatic imine (C=N–C) groups is 1. The molecule has 0 radical (unpaired) electrons. The van der Waals surface area contributed by atoms with E-state index in [1.807, 2.05) is 18.2 Å². The Balaban J connectivity index is 1.82. The molecule has 25 heavy (non-hydrogen) atoms. The molecule has 0 aliphatic carbocycles. The topological polar surface area (TPSA) is 50.7 Å². The summed E-state index contributed by atoms with van der Waals surface area (Å²) in [5.41, 5.74) is 1.31. The van der Waals surface area contributed by atoms with Crippen molar-refractivity contribution in [2.45, 2.75) is 0 Å². The quantitative estimate of drug-likeness (QED) is 0.674. The van der Waals surface area contributed by atoms with Crippen LogP contribution in [-0.2, 0) is 4.79 Å². The van der Waals surface area contributed by atoms with Crippen LogP contribution in [0.25, 0.3) is 6.08 Å². The van der Waals surface area contributed by atoms with E-state index in [4.69, 9.17) is 11.2 Å². The van der Waals surface area contributed by atoms with Gasteiger partial charge in [0, 0.05) is 5.56 Å². The van der Waals surface area contributed by atoms with Crippen LogP contribution in [0.1, 0.15) is 5.56 Å². The third kappa shape index (κ3) is 4.28. The number of amides is 1. The number of carbonyl (C=O) groups is 1. The zero-order chi connectivity index (χ0) is 17.6. The van der Waals surface area contributed by atoms with Crippen molar-refractivity contribution >= 4 is 34.6 Å². The summed E-state index contributed by atoms with van der Waals surface area (Å²) < 4.78 is 18.4. The predicted molar refractivity (Wildman–Crippen MR) is 98.0 cm³/mol. The highest BCUT2D eigenvalue weighted by molar-refractivity contribution is 8.18. The zero-order valence-corrected chi connectivity index (χ0v) is 13.8. The van der Waals surface area contributed by atoms with Gasteiger partial charge in [0.2, 0.25) is 0 Å². The Labute approximate surface area is 148 Å². The van der Waals surface area contributed by atoms with Gasteiger partial charge < -0.3 is 10.1 Å². The highest BCUT2D eigenvalue weighted by Crippen LogP contribution is 2.30. The van der Waals surface area contributed by atoms with Crippen molar-refractivity contribution in [3.05, 3.63) is 64.8 Å². The van der Waals surface area contributed by atoms with E-state index in [0.29, 0.717) is 21.5 Å². The van der Waals surface area contributed by atoms with Crippen molar-refractivity contribution in [2.75, 3.05) is 6.61 Å². The maximum absolute atomic E-state index is 12.9. The van der Waals surface area contributed by atoms with E-state index >= 15 is 0 Å². The van der Waals surface area contributed by atoms with Gasteiger partial charge in [-0.2, -0.15) is 0 Å². The molecular formula is C19H13FN2O2S. The molecule has 0 atom stereocenters. The summed E-state index contributed by atoms with van der Waals surface area (Å²) in [6.07, 6.45) is 6.94. The highest BCUT2D eigenvalue weighted by Gasteiger charge is 2.24. The predicted octanol–water partition coefficient (Wildman–Crippen LogP) is 3.73. The lowest BCUT2D eigenvalue weighted by Crippen LogP contribution is -2.19. The van der Waals surface area contributed by atoms with Crippen molar-refractivity contribution in [1.29, 1.82) is 0 Å². The Hall–Kier alpha value is -3.04. The smallest absolute Gasteiger partial charge is 0.264 e. The van der Waals surface area contributed by atoms with E-state index in [1.54, 1.807) is 24.3 Å². The molecule has 0 unspecified atom stereocenters. The molecule has 4 nitrogen and oxygen atoms in total. The number of hydrogen-bond acceptors (Lipinski definition) is 4. The third-order valence-electron chi connectivity index (χ3n) is 3.22. The molecule has 1 aliphatic rings. The number of terminal acetylenes is 1. The molecule has 124 valence electrons. The number of para-hydroxylation sites is 1. The van der Waals surface area contributed by atoms with Crippen LogP contribution in [0.15, 0.2) is 58.4 Å². The van der Waals surface area contributed by atoms with Crippen LogP contribution in [0, 0.1) is 18.2 Å². The van der Waals surface area contributed by atoms with Crippen molar-refractivity contribution < 1.29 is 13.9 Å². The summed E-state index contributed by atoms with van der Waals surface area (Å²) in [6, 6.07) is 13.0. The van der Waals surface area contributed by atoms with Crippen LogP contribution in [0.3, 0.4) is 0 Å². The van der Waals surface area contributed by atoms with Crippen LogP contribution in [-0.4, -0.2) is 17.7 Å². The van der Waals surface area contributed by atoms with Crippen molar-refractivity contribution in [1.82, 2.24) is 5.32 Å². The monoisotopic (exact) mass is 352 g/mol. The molecule has 1 amide bonds. The Kier molecular flexibility index (Phi) is 5.17. The van der Waals surface area contributed by atoms with Gasteiger partial charge >= 0.3 is 0 Å². The Morgan fingerprint density at radius 2 is 2.00 bits per heavy atom. The number of nitrogens with one attached hydrogen (secondary N) is 1. The van der Waals surface area contributed by atoms with Gasteiger partial charge in [0.05, 0.1) is 10.6 Å². The number of carbonyl (C=O) groups excluding carboxylic acids is 1. The molecule has 0 aromatic heterocycles. The number of benzene rings is 2. The van der Waals surface area contributed by atoms with Gasteiger partial charge in [-0.15, -0.1) is 6.42 Å². The first kappa shape index (κ1) is 16.8. The van der Waals surface area contributed by atoms with Crippen LogP contribution >= 0.6 is 11.8 Å². The first-order chi connectivity index (χ1) is 12.2. The van der Waals surface area contributed by atoms with Crippen LogP contribution in [0.2, 0.25) is 0 Å². The van der Waals surface area contributed by atoms with E-state index in [9.17, 15) is 9.18 Å². The van der Waals surface area contributed by atoms with Gasteiger partial charge in [0.15, 0.2) is 5.17 Å². The number of hydrogen-bond donors (Lipinski definition) is 1. The minimum Gasteiger partial charge on any atom is -0.480 e. The second-order valence-corrected chi connectivity index (χ2v) is 6.02.